The molecule has 0 aromatic carbocycles. The van der Waals surface area contributed by atoms with E-state index in [1.807, 2.05) is 21.1 Å². The van der Waals surface area contributed by atoms with Gasteiger partial charge in [-0.3, -0.25) is 13.8 Å². The predicted molar refractivity (Wildman–Crippen MR) is 240 cm³/mol. The number of unbranched alkanes of at least 4 members (excludes halogenated alkanes) is 14. The molecule has 9 heteroatoms. The van der Waals surface area contributed by atoms with E-state index in [2.05, 4.69) is 92.1 Å². The van der Waals surface area contributed by atoms with Crippen LogP contribution in [0.25, 0.3) is 0 Å². The molecule has 0 aliphatic heterocycles. The first kappa shape index (κ1) is 53.9. The Morgan fingerprint density at radius 2 is 1.07 bits per heavy atom. The van der Waals surface area contributed by atoms with Crippen LogP contribution in [0, 0.1) is 0 Å². The minimum Gasteiger partial charge on any atom is -0.391 e. The molecule has 0 aliphatic rings. The van der Waals surface area contributed by atoms with Crippen LogP contribution >= 0.6 is 7.82 Å². The molecule has 3 N–H and O–H groups in total. The van der Waals surface area contributed by atoms with Crippen LogP contribution < -0.4 is 5.32 Å². The Morgan fingerprint density at radius 3 is 1.57 bits per heavy atom. The van der Waals surface area contributed by atoms with Crippen molar-refractivity contribution in [2.75, 3.05) is 40.9 Å². The zero-order chi connectivity index (χ0) is 41.4. The second-order valence-corrected chi connectivity index (χ2v) is 17.5. The lowest BCUT2D eigenvalue weighted by Crippen LogP contribution is -2.46. The van der Waals surface area contributed by atoms with Crippen LogP contribution in [0.4, 0.5) is 0 Å². The van der Waals surface area contributed by atoms with E-state index >= 15 is 0 Å². The first-order chi connectivity index (χ1) is 27.0. The lowest BCUT2D eigenvalue weighted by molar-refractivity contribution is -0.870. The van der Waals surface area contributed by atoms with Crippen molar-refractivity contribution in [1.29, 1.82) is 0 Å². The van der Waals surface area contributed by atoms with Crippen LogP contribution in [0.5, 0.6) is 0 Å². The van der Waals surface area contributed by atoms with Crippen LogP contribution in [0.2, 0.25) is 0 Å². The second-order valence-electron chi connectivity index (χ2n) is 16.0. The number of hydrogen-bond acceptors (Lipinski definition) is 5. The molecule has 0 aliphatic carbocycles. The van der Waals surface area contributed by atoms with Gasteiger partial charge in [0.15, 0.2) is 0 Å². The SMILES string of the molecule is CC/C=C\C/C=C\C/C=C\C/C=C\C/C=C\C/C=C\CCCCCCCCC(=O)NC(COP(=O)(O)OCC[N+](C)(C)C)C(O)CCCCCCCCCCC. The number of aliphatic hydroxyl groups excluding tert-OH is 1. The van der Waals surface area contributed by atoms with Crippen molar-refractivity contribution in [3.63, 3.8) is 0 Å². The number of likely N-dealkylation sites (N-methyl/N-ethyl adjacent to an activating group) is 1. The average Bonchev–Trinajstić information content (AvgIpc) is 3.15. The van der Waals surface area contributed by atoms with Gasteiger partial charge in [-0.1, -0.05) is 170 Å². The summed E-state index contributed by atoms with van der Waals surface area (Å²) in [6.45, 7) is 4.71. The van der Waals surface area contributed by atoms with E-state index in [0.29, 0.717) is 23.9 Å². The Kier molecular flexibility index (Phi) is 37.0. The highest BCUT2D eigenvalue weighted by atomic mass is 31.2. The second kappa shape index (κ2) is 38.5. The number of amides is 1. The van der Waals surface area contributed by atoms with E-state index in [4.69, 9.17) is 9.05 Å². The third kappa shape index (κ3) is 40.1. The van der Waals surface area contributed by atoms with Crippen molar-refractivity contribution < 1.29 is 32.9 Å². The van der Waals surface area contributed by atoms with Gasteiger partial charge in [0.05, 0.1) is 39.9 Å². The molecular formula is C47H86N2O6P+. The van der Waals surface area contributed by atoms with E-state index in [-0.39, 0.29) is 19.1 Å². The van der Waals surface area contributed by atoms with Crippen molar-refractivity contribution >= 4 is 13.7 Å². The Labute approximate surface area is 344 Å². The molecule has 8 nitrogen and oxygen atoms in total. The Morgan fingerprint density at radius 1 is 0.625 bits per heavy atom. The fourth-order valence-corrected chi connectivity index (χ4v) is 6.67. The molecule has 0 aromatic rings. The number of phosphoric ester groups is 1. The van der Waals surface area contributed by atoms with Crippen LogP contribution in [0.1, 0.15) is 168 Å². The molecule has 0 bridgehead atoms. The van der Waals surface area contributed by atoms with Crippen LogP contribution in [0.3, 0.4) is 0 Å². The molecule has 324 valence electrons. The van der Waals surface area contributed by atoms with Gasteiger partial charge in [0.2, 0.25) is 5.91 Å². The average molecular weight is 806 g/mol. The number of carbonyl (C=O) groups excluding carboxylic acids is 1. The zero-order valence-electron chi connectivity index (χ0n) is 36.6. The Balaban J connectivity index is 4.27. The number of aliphatic hydroxyl groups is 1. The summed E-state index contributed by atoms with van der Waals surface area (Å²) in [4.78, 5) is 23.1. The minimum absolute atomic E-state index is 0.0673. The molecule has 0 radical (unpaired) electrons. The third-order valence-electron chi connectivity index (χ3n) is 9.47. The number of phosphoric acid groups is 1. The van der Waals surface area contributed by atoms with Gasteiger partial charge in [0, 0.05) is 6.42 Å². The van der Waals surface area contributed by atoms with Crippen molar-refractivity contribution in [3.8, 4) is 0 Å². The topological polar surface area (TPSA) is 105 Å². The van der Waals surface area contributed by atoms with Gasteiger partial charge in [-0.2, -0.15) is 0 Å². The maximum Gasteiger partial charge on any atom is 0.472 e. The molecule has 3 atom stereocenters. The molecule has 0 saturated heterocycles. The van der Waals surface area contributed by atoms with Crippen molar-refractivity contribution in [2.45, 2.75) is 180 Å². The zero-order valence-corrected chi connectivity index (χ0v) is 37.5. The van der Waals surface area contributed by atoms with Crippen molar-refractivity contribution in [1.82, 2.24) is 5.32 Å². The summed E-state index contributed by atoms with van der Waals surface area (Å²) >= 11 is 0. The smallest absolute Gasteiger partial charge is 0.391 e. The third-order valence-corrected chi connectivity index (χ3v) is 10.5. The Hall–Kier alpha value is -2.06. The van der Waals surface area contributed by atoms with Gasteiger partial charge in [-0.15, -0.1) is 0 Å². The quantitative estimate of drug-likeness (QED) is 0.0247. The molecule has 3 unspecified atom stereocenters. The highest BCUT2D eigenvalue weighted by molar-refractivity contribution is 7.47. The van der Waals surface area contributed by atoms with Gasteiger partial charge in [0.1, 0.15) is 13.2 Å². The van der Waals surface area contributed by atoms with E-state index in [1.165, 1.54) is 51.4 Å². The first-order valence-corrected chi connectivity index (χ1v) is 23.8. The highest BCUT2D eigenvalue weighted by Crippen LogP contribution is 2.43. The predicted octanol–water partition coefficient (Wildman–Crippen LogP) is 12.4. The molecule has 0 spiro atoms. The minimum atomic E-state index is -4.32. The normalized spacial score (nSPS) is 15.1. The number of carbonyl (C=O) groups is 1. The summed E-state index contributed by atoms with van der Waals surface area (Å²) < 4.78 is 23.5. The number of allylic oxidation sites excluding steroid dienone is 12. The Bertz CT molecular complexity index is 1140. The lowest BCUT2D eigenvalue weighted by Gasteiger charge is -2.26. The maximum atomic E-state index is 12.9. The van der Waals surface area contributed by atoms with E-state index in [9.17, 15) is 19.4 Å². The molecule has 0 saturated carbocycles. The number of rotatable bonds is 39. The summed E-state index contributed by atoms with van der Waals surface area (Å²) in [6.07, 6.45) is 50.8. The molecule has 1 amide bonds. The molecule has 0 fully saturated rings. The van der Waals surface area contributed by atoms with Gasteiger partial charge in [-0.05, 0) is 64.2 Å². The maximum absolute atomic E-state index is 12.9. The number of hydrogen-bond donors (Lipinski definition) is 3. The molecular weight excluding hydrogens is 719 g/mol. The summed E-state index contributed by atoms with van der Waals surface area (Å²) in [6, 6.07) is -0.770. The lowest BCUT2D eigenvalue weighted by atomic mass is 10.0. The summed E-state index contributed by atoms with van der Waals surface area (Å²) in [5, 5.41) is 13.9. The molecule has 0 heterocycles. The largest absolute Gasteiger partial charge is 0.472 e. The van der Waals surface area contributed by atoms with Crippen LogP contribution in [-0.4, -0.2) is 73.4 Å². The fraction of sp³-hybridized carbons (Fsp3) is 0.723. The number of nitrogens with zero attached hydrogens (tertiary/aromatic N) is 1. The van der Waals surface area contributed by atoms with Gasteiger partial charge in [0.25, 0.3) is 0 Å². The van der Waals surface area contributed by atoms with Crippen molar-refractivity contribution in [3.05, 3.63) is 72.9 Å². The van der Waals surface area contributed by atoms with Crippen LogP contribution in [0.15, 0.2) is 72.9 Å². The fourth-order valence-electron chi connectivity index (χ4n) is 5.93. The standard InChI is InChI=1S/C47H85N2O6P/c1-6-8-10-12-14-16-17-18-19-20-21-22-23-24-25-26-27-28-29-30-31-33-35-37-39-41-47(51)48-45(44-55-56(52,53)54-43-42-49(3,4)5)46(50)40-38-36-34-32-15-13-11-9-7-2/h8,10,14,16,18-19,21-22,24-25,27-28,45-46,50H,6-7,9,11-13,15,17,20,23,26,29-44H2,1-5H3,(H-,48,51,52,53)/p+1/b10-8-,16-14-,19-18-,22-21-,25-24-,28-27-. The van der Waals surface area contributed by atoms with E-state index in [1.54, 1.807) is 0 Å². The monoisotopic (exact) mass is 806 g/mol. The first-order valence-electron chi connectivity index (χ1n) is 22.3. The molecule has 56 heavy (non-hydrogen) atoms. The van der Waals surface area contributed by atoms with Gasteiger partial charge in [-0.25, -0.2) is 4.57 Å². The van der Waals surface area contributed by atoms with Gasteiger partial charge >= 0.3 is 7.82 Å². The summed E-state index contributed by atoms with van der Waals surface area (Å²) in [5.74, 6) is -0.166. The number of quaternary nitrogens is 1. The summed E-state index contributed by atoms with van der Waals surface area (Å²) in [5.41, 5.74) is 0. The van der Waals surface area contributed by atoms with Crippen LogP contribution in [-0.2, 0) is 18.4 Å². The molecule has 0 rings (SSSR count). The van der Waals surface area contributed by atoms with Crippen molar-refractivity contribution in [2.24, 2.45) is 0 Å². The van der Waals surface area contributed by atoms with Gasteiger partial charge < -0.3 is 19.8 Å². The molecule has 0 aromatic heterocycles. The van der Waals surface area contributed by atoms with E-state index in [0.717, 1.165) is 89.9 Å². The number of nitrogens with one attached hydrogen (secondary N) is 1. The van der Waals surface area contributed by atoms with E-state index < -0.39 is 20.0 Å². The highest BCUT2D eigenvalue weighted by Gasteiger charge is 2.28. The summed E-state index contributed by atoms with van der Waals surface area (Å²) in [7, 11) is 1.59.